The number of aromatic nitrogens is 2. The van der Waals surface area contributed by atoms with Crippen molar-refractivity contribution < 1.29 is 4.39 Å². The van der Waals surface area contributed by atoms with Gasteiger partial charge in [0.15, 0.2) is 0 Å². The van der Waals surface area contributed by atoms with Crippen LogP contribution in [0.2, 0.25) is 0 Å². The van der Waals surface area contributed by atoms with Crippen LogP contribution in [-0.2, 0) is 6.42 Å². The van der Waals surface area contributed by atoms with Crippen molar-refractivity contribution >= 4 is 0 Å². The van der Waals surface area contributed by atoms with E-state index in [2.05, 4.69) is 18.9 Å². The summed E-state index contributed by atoms with van der Waals surface area (Å²) in [7, 11) is 0. The Morgan fingerprint density at radius 2 is 2.11 bits per heavy atom. The maximum Gasteiger partial charge on any atom is 0.125 e. The molecule has 0 unspecified atom stereocenters. The molecule has 0 fully saturated rings. The van der Waals surface area contributed by atoms with Crippen LogP contribution in [-0.4, -0.2) is 16.3 Å². The maximum atomic E-state index is 13.5. The van der Waals surface area contributed by atoms with Crippen LogP contribution >= 0.6 is 0 Å². The van der Waals surface area contributed by atoms with Gasteiger partial charge in [0.2, 0.25) is 0 Å². The van der Waals surface area contributed by atoms with Crippen molar-refractivity contribution in [2.75, 3.05) is 6.54 Å². The van der Waals surface area contributed by atoms with Gasteiger partial charge >= 0.3 is 0 Å². The molecule has 2 rings (SSSR count). The van der Waals surface area contributed by atoms with Gasteiger partial charge < -0.3 is 5.73 Å². The summed E-state index contributed by atoms with van der Waals surface area (Å²) in [5.74, 6) is 0.112. The molecular weight excluding hydrogens is 229 g/mol. The van der Waals surface area contributed by atoms with Gasteiger partial charge in [0, 0.05) is 6.20 Å². The van der Waals surface area contributed by atoms with Gasteiger partial charge in [-0.25, -0.2) is 9.07 Å². The molecular formula is C14H18FN3. The number of nitrogens with zero attached hydrogens (tertiary/aromatic N) is 2. The molecule has 1 heterocycles. The Hall–Kier alpha value is -1.68. The summed E-state index contributed by atoms with van der Waals surface area (Å²) in [6.07, 6.45) is 2.53. The van der Waals surface area contributed by atoms with Crippen LogP contribution in [0.3, 0.4) is 0 Å². The molecule has 0 spiro atoms. The molecule has 0 aliphatic carbocycles. The van der Waals surface area contributed by atoms with Crippen LogP contribution in [0.4, 0.5) is 4.39 Å². The van der Waals surface area contributed by atoms with Gasteiger partial charge in [-0.2, -0.15) is 5.10 Å². The Morgan fingerprint density at radius 3 is 2.72 bits per heavy atom. The van der Waals surface area contributed by atoms with E-state index in [0.717, 1.165) is 16.9 Å². The van der Waals surface area contributed by atoms with E-state index in [-0.39, 0.29) is 5.82 Å². The molecule has 18 heavy (non-hydrogen) atoms. The molecule has 0 atom stereocenters. The Balaban J connectivity index is 2.36. The quantitative estimate of drug-likeness (QED) is 0.902. The van der Waals surface area contributed by atoms with E-state index in [0.29, 0.717) is 18.9 Å². The van der Waals surface area contributed by atoms with Crippen LogP contribution in [0.5, 0.6) is 0 Å². The zero-order chi connectivity index (χ0) is 13.1. The molecule has 0 radical (unpaired) electrons. The predicted molar refractivity (Wildman–Crippen MR) is 70.4 cm³/mol. The molecule has 96 valence electrons. The molecule has 2 N–H and O–H groups in total. The largest absolute Gasteiger partial charge is 0.330 e. The number of rotatable bonds is 4. The van der Waals surface area contributed by atoms with Gasteiger partial charge in [-0.1, -0.05) is 13.8 Å². The van der Waals surface area contributed by atoms with Crippen LogP contribution in [0.15, 0.2) is 30.5 Å². The molecule has 0 saturated heterocycles. The topological polar surface area (TPSA) is 43.8 Å². The monoisotopic (exact) mass is 247 g/mol. The Kier molecular flexibility index (Phi) is 3.77. The first-order chi connectivity index (χ1) is 8.60. The van der Waals surface area contributed by atoms with E-state index in [1.165, 1.54) is 12.1 Å². The summed E-state index contributed by atoms with van der Waals surface area (Å²) < 4.78 is 15.2. The Labute approximate surface area is 106 Å². The molecule has 1 aromatic carbocycles. The predicted octanol–water partition coefficient (Wildman–Crippen LogP) is 2.64. The highest BCUT2D eigenvalue weighted by atomic mass is 19.1. The zero-order valence-electron chi connectivity index (χ0n) is 10.7. The van der Waals surface area contributed by atoms with E-state index in [4.69, 9.17) is 5.73 Å². The average molecular weight is 247 g/mol. The Morgan fingerprint density at radius 1 is 1.33 bits per heavy atom. The van der Waals surface area contributed by atoms with Crippen molar-refractivity contribution in [2.24, 2.45) is 5.73 Å². The number of nitrogens with two attached hydrogens (primary N) is 1. The van der Waals surface area contributed by atoms with Crippen LogP contribution in [0.25, 0.3) is 5.69 Å². The second kappa shape index (κ2) is 5.31. The Bertz CT molecular complexity index is 532. The summed E-state index contributed by atoms with van der Waals surface area (Å²) in [5.41, 5.74) is 8.14. The summed E-state index contributed by atoms with van der Waals surface area (Å²) >= 11 is 0. The number of hydrogen-bond donors (Lipinski definition) is 1. The third-order valence-corrected chi connectivity index (χ3v) is 2.84. The molecule has 0 aliphatic rings. The summed E-state index contributed by atoms with van der Waals surface area (Å²) in [6.45, 7) is 4.68. The SMILES string of the molecule is CC(C)c1ccn(-c2cc(F)cc(CCN)c2)n1. The molecule has 0 saturated carbocycles. The smallest absolute Gasteiger partial charge is 0.125 e. The number of benzene rings is 1. The summed E-state index contributed by atoms with van der Waals surface area (Å²) in [5, 5.41) is 4.44. The third-order valence-electron chi connectivity index (χ3n) is 2.84. The van der Waals surface area contributed by atoms with E-state index in [1.807, 2.05) is 18.3 Å². The first kappa shape index (κ1) is 12.8. The molecule has 1 aromatic heterocycles. The molecule has 3 nitrogen and oxygen atoms in total. The van der Waals surface area contributed by atoms with Gasteiger partial charge in [-0.05, 0) is 48.7 Å². The van der Waals surface area contributed by atoms with Crippen molar-refractivity contribution in [3.05, 3.63) is 47.5 Å². The fourth-order valence-corrected chi connectivity index (χ4v) is 1.87. The lowest BCUT2D eigenvalue weighted by Gasteiger charge is -2.06. The lowest BCUT2D eigenvalue weighted by atomic mass is 10.1. The van der Waals surface area contributed by atoms with E-state index >= 15 is 0 Å². The van der Waals surface area contributed by atoms with Crippen molar-refractivity contribution in [3.8, 4) is 5.69 Å². The van der Waals surface area contributed by atoms with Crippen molar-refractivity contribution in [2.45, 2.75) is 26.2 Å². The van der Waals surface area contributed by atoms with Crippen molar-refractivity contribution in [1.29, 1.82) is 0 Å². The van der Waals surface area contributed by atoms with Gasteiger partial charge in [-0.15, -0.1) is 0 Å². The molecule has 0 amide bonds. The van der Waals surface area contributed by atoms with Crippen LogP contribution in [0.1, 0.15) is 31.0 Å². The minimum Gasteiger partial charge on any atom is -0.330 e. The van der Waals surface area contributed by atoms with Gasteiger partial charge in [-0.3, -0.25) is 0 Å². The fraction of sp³-hybridized carbons (Fsp3) is 0.357. The minimum absolute atomic E-state index is 0.252. The summed E-state index contributed by atoms with van der Waals surface area (Å²) in [6, 6.07) is 6.88. The lowest BCUT2D eigenvalue weighted by Crippen LogP contribution is -2.05. The van der Waals surface area contributed by atoms with Gasteiger partial charge in [0.05, 0.1) is 11.4 Å². The average Bonchev–Trinajstić information content (AvgIpc) is 2.78. The fourth-order valence-electron chi connectivity index (χ4n) is 1.87. The molecule has 0 aliphatic heterocycles. The first-order valence-electron chi connectivity index (χ1n) is 6.15. The number of hydrogen-bond acceptors (Lipinski definition) is 2. The first-order valence-corrected chi connectivity index (χ1v) is 6.15. The van der Waals surface area contributed by atoms with Gasteiger partial charge in [0.1, 0.15) is 5.82 Å². The minimum atomic E-state index is -0.252. The van der Waals surface area contributed by atoms with E-state index < -0.39 is 0 Å². The van der Waals surface area contributed by atoms with Crippen LogP contribution in [0, 0.1) is 5.82 Å². The van der Waals surface area contributed by atoms with E-state index in [1.54, 1.807) is 4.68 Å². The highest BCUT2D eigenvalue weighted by Gasteiger charge is 2.07. The highest BCUT2D eigenvalue weighted by molar-refractivity contribution is 5.36. The standard InChI is InChI=1S/C14H18FN3/c1-10(2)14-4-6-18(17-14)13-8-11(3-5-16)7-12(15)9-13/h4,6-10H,3,5,16H2,1-2H3. The molecule has 2 aromatic rings. The van der Waals surface area contributed by atoms with E-state index in [9.17, 15) is 4.39 Å². The maximum absolute atomic E-state index is 13.5. The third kappa shape index (κ3) is 2.76. The highest BCUT2D eigenvalue weighted by Crippen LogP contribution is 2.16. The second-order valence-corrected chi connectivity index (χ2v) is 4.70. The molecule has 0 bridgehead atoms. The second-order valence-electron chi connectivity index (χ2n) is 4.70. The van der Waals surface area contributed by atoms with Crippen LogP contribution < -0.4 is 5.73 Å². The summed E-state index contributed by atoms with van der Waals surface area (Å²) in [4.78, 5) is 0. The zero-order valence-corrected chi connectivity index (χ0v) is 10.7. The number of halogens is 1. The normalized spacial score (nSPS) is 11.2. The van der Waals surface area contributed by atoms with Crippen molar-refractivity contribution in [3.63, 3.8) is 0 Å². The molecule has 4 heteroatoms. The van der Waals surface area contributed by atoms with Gasteiger partial charge in [0.25, 0.3) is 0 Å². The van der Waals surface area contributed by atoms with Crippen molar-refractivity contribution in [1.82, 2.24) is 9.78 Å². The lowest BCUT2D eigenvalue weighted by molar-refractivity contribution is 0.622.